The highest BCUT2D eigenvalue weighted by Gasteiger charge is 2.26. The van der Waals surface area contributed by atoms with Crippen LogP contribution >= 0.6 is 15.9 Å². The number of carbonyl (C=O) groups excluding carboxylic acids is 2. The molecule has 0 radical (unpaired) electrons. The van der Waals surface area contributed by atoms with Gasteiger partial charge in [-0.2, -0.15) is 0 Å². The Morgan fingerprint density at radius 3 is 2.57 bits per heavy atom. The molecule has 0 aromatic heterocycles. The predicted octanol–water partition coefficient (Wildman–Crippen LogP) is 3.61. The molecule has 0 saturated carbocycles. The molecule has 0 unspecified atom stereocenters. The number of para-hydroxylation sites is 1. The molecule has 3 nitrogen and oxygen atoms in total. The Labute approximate surface area is 131 Å². The first kappa shape index (κ1) is 14.0. The van der Waals surface area contributed by atoms with Crippen molar-refractivity contribution in [3.05, 3.63) is 64.1 Å². The molecule has 1 aliphatic rings. The summed E-state index contributed by atoms with van der Waals surface area (Å²) >= 11 is 3.38. The first-order valence-electron chi connectivity index (χ1n) is 6.82. The van der Waals surface area contributed by atoms with Crippen LogP contribution in [0.5, 0.6) is 0 Å². The maximum Gasteiger partial charge on any atom is 0.231 e. The van der Waals surface area contributed by atoms with Gasteiger partial charge in [0.05, 0.1) is 12.1 Å². The van der Waals surface area contributed by atoms with Crippen LogP contribution in [-0.2, 0) is 11.2 Å². The molecule has 1 heterocycles. The number of amides is 1. The SMILES string of the molecule is O=C1CCN(C(=O)Cc2ccc(Br)cc2)c2ccccc21. The molecule has 0 fully saturated rings. The van der Waals surface area contributed by atoms with Crippen LogP contribution in [0.4, 0.5) is 5.69 Å². The van der Waals surface area contributed by atoms with Crippen molar-refractivity contribution in [3.8, 4) is 0 Å². The van der Waals surface area contributed by atoms with Crippen molar-refractivity contribution in [2.45, 2.75) is 12.8 Å². The Morgan fingerprint density at radius 2 is 1.81 bits per heavy atom. The van der Waals surface area contributed by atoms with Crippen molar-refractivity contribution in [1.82, 2.24) is 0 Å². The van der Waals surface area contributed by atoms with Crippen molar-refractivity contribution >= 4 is 33.3 Å². The highest BCUT2D eigenvalue weighted by molar-refractivity contribution is 9.10. The second-order valence-corrected chi connectivity index (χ2v) is 5.95. The zero-order valence-electron chi connectivity index (χ0n) is 11.4. The van der Waals surface area contributed by atoms with Gasteiger partial charge in [-0.15, -0.1) is 0 Å². The zero-order valence-corrected chi connectivity index (χ0v) is 13.0. The van der Waals surface area contributed by atoms with Crippen LogP contribution in [0.15, 0.2) is 53.0 Å². The van der Waals surface area contributed by atoms with Crippen LogP contribution in [-0.4, -0.2) is 18.2 Å². The lowest BCUT2D eigenvalue weighted by Crippen LogP contribution is -2.38. The summed E-state index contributed by atoms with van der Waals surface area (Å²) in [4.78, 5) is 26.2. The first-order chi connectivity index (χ1) is 10.1. The molecule has 21 heavy (non-hydrogen) atoms. The van der Waals surface area contributed by atoms with E-state index in [0.29, 0.717) is 24.9 Å². The molecule has 0 aliphatic carbocycles. The van der Waals surface area contributed by atoms with Crippen molar-refractivity contribution in [3.63, 3.8) is 0 Å². The van der Waals surface area contributed by atoms with Crippen LogP contribution in [0.3, 0.4) is 0 Å². The van der Waals surface area contributed by atoms with Gasteiger partial charge in [0.15, 0.2) is 5.78 Å². The fraction of sp³-hybridized carbons (Fsp3) is 0.176. The maximum atomic E-state index is 12.5. The smallest absolute Gasteiger partial charge is 0.231 e. The van der Waals surface area contributed by atoms with Gasteiger partial charge in [0.2, 0.25) is 5.91 Å². The highest BCUT2D eigenvalue weighted by atomic mass is 79.9. The Hall–Kier alpha value is -1.94. The number of anilines is 1. The largest absolute Gasteiger partial charge is 0.311 e. The number of Topliss-reactive ketones (excluding diaryl/α,β-unsaturated/α-hetero) is 1. The summed E-state index contributed by atoms with van der Waals surface area (Å²) < 4.78 is 0.993. The van der Waals surface area contributed by atoms with E-state index in [1.54, 1.807) is 11.0 Å². The van der Waals surface area contributed by atoms with Gasteiger partial charge in [-0.1, -0.05) is 40.2 Å². The molecule has 0 spiro atoms. The zero-order chi connectivity index (χ0) is 14.8. The Kier molecular flexibility index (Phi) is 3.88. The average molecular weight is 344 g/mol. The van der Waals surface area contributed by atoms with Gasteiger partial charge >= 0.3 is 0 Å². The summed E-state index contributed by atoms with van der Waals surface area (Å²) in [7, 11) is 0. The minimum Gasteiger partial charge on any atom is -0.311 e. The lowest BCUT2D eigenvalue weighted by molar-refractivity contribution is -0.118. The van der Waals surface area contributed by atoms with E-state index >= 15 is 0 Å². The summed E-state index contributed by atoms with van der Waals surface area (Å²) in [5.41, 5.74) is 2.35. The number of carbonyl (C=O) groups is 2. The molecule has 2 aromatic rings. The van der Waals surface area contributed by atoms with Gasteiger partial charge in [0, 0.05) is 23.0 Å². The summed E-state index contributed by atoms with van der Waals surface area (Å²) in [6, 6.07) is 15.0. The van der Waals surface area contributed by atoms with E-state index in [2.05, 4.69) is 15.9 Å². The molecular formula is C17H14BrNO2. The molecule has 0 atom stereocenters. The lowest BCUT2D eigenvalue weighted by Gasteiger charge is -2.28. The third-order valence-corrected chi connectivity index (χ3v) is 4.16. The number of benzene rings is 2. The highest BCUT2D eigenvalue weighted by Crippen LogP contribution is 2.27. The predicted molar refractivity (Wildman–Crippen MR) is 85.6 cm³/mol. The number of fused-ring (bicyclic) bond motifs is 1. The van der Waals surface area contributed by atoms with Gasteiger partial charge < -0.3 is 4.90 Å². The Balaban J connectivity index is 1.84. The van der Waals surface area contributed by atoms with Crippen LogP contribution in [0.25, 0.3) is 0 Å². The van der Waals surface area contributed by atoms with Crippen LogP contribution in [0, 0.1) is 0 Å². The van der Waals surface area contributed by atoms with Gasteiger partial charge in [-0.25, -0.2) is 0 Å². The second kappa shape index (κ2) is 5.82. The number of ketones is 1. The molecule has 3 rings (SSSR count). The Bertz CT molecular complexity index is 694. The van der Waals surface area contributed by atoms with Crippen molar-refractivity contribution in [2.75, 3.05) is 11.4 Å². The maximum absolute atomic E-state index is 12.5. The second-order valence-electron chi connectivity index (χ2n) is 5.04. The topological polar surface area (TPSA) is 37.4 Å². The van der Waals surface area contributed by atoms with E-state index in [1.165, 1.54) is 0 Å². The van der Waals surface area contributed by atoms with E-state index in [4.69, 9.17) is 0 Å². The number of halogens is 1. The summed E-state index contributed by atoms with van der Waals surface area (Å²) in [6.45, 7) is 0.464. The third kappa shape index (κ3) is 2.90. The summed E-state index contributed by atoms with van der Waals surface area (Å²) in [5.74, 6) is 0.135. The summed E-state index contributed by atoms with van der Waals surface area (Å²) in [6.07, 6.45) is 0.735. The van der Waals surface area contributed by atoms with Crippen molar-refractivity contribution in [2.24, 2.45) is 0 Å². The molecule has 0 N–H and O–H groups in total. The standard InChI is InChI=1S/C17H14BrNO2/c18-13-7-5-12(6-8-13)11-17(21)19-10-9-16(20)14-3-1-2-4-15(14)19/h1-8H,9-11H2. The number of rotatable bonds is 2. The molecule has 106 valence electrons. The van der Waals surface area contributed by atoms with E-state index in [1.807, 2.05) is 42.5 Å². The van der Waals surface area contributed by atoms with E-state index in [-0.39, 0.29) is 11.7 Å². The van der Waals surface area contributed by atoms with Crippen molar-refractivity contribution < 1.29 is 9.59 Å². The fourth-order valence-electron chi connectivity index (χ4n) is 2.54. The van der Waals surface area contributed by atoms with Gasteiger partial charge in [-0.05, 0) is 29.8 Å². The molecule has 0 bridgehead atoms. The molecule has 4 heteroatoms. The first-order valence-corrected chi connectivity index (χ1v) is 7.61. The minimum atomic E-state index is 0.0253. The molecular weight excluding hydrogens is 330 g/mol. The number of hydrogen-bond acceptors (Lipinski definition) is 2. The monoisotopic (exact) mass is 343 g/mol. The van der Waals surface area contributed by atoms with Gasteiger partial charge in [-0.3, -0.25) is 9.59 Å². The quantitative estimate of drug-likeness (QED) is 0.835. The number of nitrogens with zero attached hydrogens (tertiary/aromatic N) is 1. The van der Waals surface area contributed by atoms with Crippen molar-refractivity contribution in [1.29, 1.82) is 0 Å². The number of hydrogen-bond donors (Lipinski definition) is 0. The molecule has 1 aliphatic heterocycles. The van der Waals surface area contributed by atoms with Crippen LogP contribution < -0.4 is 4.90 Å². The average Bonchev–Trinajstić information content (AvgIpc) is 2.50. The van der Waals surface area contributed by atoms with Gasteiger partial charge in [0.1, 0.15) is 0 Å². The Morgan fingerprint density at radius 1 is 1.10 bits per heavy atom. The molecule has 0 saturated heterocycles. The lowest BCUT2D eigenvalue weighted by atomic mass is 9.99. The minimum absolute atomic E-state index is 0.0253. The molecule has 1 amide bonds. The fourth-order valence-corrected chi connectivity index (χ4v) is 2.81. The van der Waals surface area contributed by atoms with E-state index in [0.717, 1.165) is 15.7 Å². The summed E-state index contributed by atoms with van der Waals surface area (Å²) in [5, 5.41) is 0. The van der Waals surface area contributed by atoms with E-state index in [9.17, 15) is 9.59 Å². The van der Waals surface area contributed by atoms with Gasteiger partial charge in [0.25, 0.3) is 0 Å². The third-order valence-electron chi connectivity index (χ3n) is 3.63. The normalized spacial score (nSPS) is 14.0. The molecule has 2 aromatic carbocycles. The van der Waals surface area contributed by atoms with Crippen LogP contribution in [0.2, 0.25) is 0 Å². The van der Waals surface area contributed by atoms with Crippen LogP contribution in [0.1, 0.15) is 22.3 Å². The van der Waals surface area contributed by atoms with E-state index < -0.39 is 0 Å².